The van der Waals surface area contributed by atoms with Gasteiger partial charge < -0.3 is 14.7 Å². The molecule has 1 aliphatic heterocycles. The Hall–Kier alpha value is -2.66. The number of piperazine rings is 1. The van der Waals surface area contributed by atoms with Crippen molar-refractivity contribution in [2.24, 2.45) is 0 Å². The Bertz CT molecular complexity index is 857. The van der Waals surface area contributed by atoms with Crippen molar-refractivity contribution in [1.29, 1.82) is 0 Å². The van der Waals surface area contributed by atoms with Gasteiger partial charge >= 0.3 is 0 Å². The normalized spacial score (nSPS) is 16.2. The lowest BCUT2D eigenvalue weighted by molar-refractivity contribution is 0.0457. The Kier molecular flexibility index (Phi) is 8.32. The molecule has 0 radical (unpaired) electrons. The molecule has 1 heterocycles. The summed E-state index contributed by atoms with van der Waals surface area (Å²) in [7, 11) is 0. The molecule has 0 aliphatic carbocycles. The van der Waals surface area contributed by atoms with Gasteiger partial charge in [0.2, 0.25) is 0 Å². The highest BCUT2D eigenvalue weighted by atomic mass is 16.5. The molecular weight excluding hydrogens is 396 g/mol. The van der Waals surface area contributed by atoms with Crippen LogP contribution in [0.25, 0.3) is 0 Å². The minimum absolute atomic E-state index is 0.333. The molecule has 1 atom stereocenters. The minimum Gasteiger partial charge on any atom is -0.491 e. The molecule has 4 heteroatoms. The molecule has 4 rings (SSSR count). The number of benzene rings is 3. The number of aliphatic hydroxyl groups is 1. The Labute approximate surface area is 192 Å². The predicted octanol–water partition coefficient (Wildman–Crippen LogP) is 4.27. The van der Waals surface area contributed by atoms with E-state index in [-0.39, 0.29) is 0 Å². The Morgan fingerprint density at radius 2 is 1.19 bits per heavy atom. The summed E-state index contributed by atoms with van der Waals surface area (Å²) in [6.07, 6.45) is 0.643. The van der Waals surface area contributed by atoms with Gasteiger partial charge in [-0.2, -0.15) is 0 Å². The SMILES string of the molecule is OC(COc1ccccc1)CN1CCN(CCC(c2ccccc2)c2ccccc2)CC1. The number of nitrogens with zero attached hydrogens (tertiary/aromatic N) is 2. The van der Waals surface area contributed by atoms with Crippen LogP contribution < -0.4 is 4.74 Å². The maximum Gasteiger partial charge on any atom is 0.119 e. The largest absolute Gasteiger partial charge is 0.491 e. The van der Waals surface area contributed by atoms with Crippen molar-refractivity contribution in [3.8, 4) is 5.75 Å². The van der Waals surface area contributed by atoms with Gasteiger partial charge in [0.05, 0.1) is 0 Å². The zero-order valence-corrected chi connectivity index (χ0v) is 18.7. The van der Waals surface area contributed by atoms with Crippen molar-refractivity contribution in [3.63, 3.8) is 0 Å². The van der Waals surface area contributed by atoms with E-state index in [0.29, 0.717) is 19.1 Å². The highest BCUT2D eigenvalue weighted by Crippen LogP contribution is 2.28. The second-order valence-electron chi connectivity index (χ2n) is 8.58. The van der Waals surface area contributed by atoms with Crippen molar-refractivity contribution in [2.75, 3.05) is 45.9 Å². The van der Waals surface area contributed by atoms with Crippen LogP contribution >= 0.6 is 0 Å². The van der Waals surface area contributed by atoms with E-state index in [4.69, 9.17) is 4.74 Å². The fraction of sp³-hybridized carbons (Fsp3) is 0.357. The molecule has 168 valence electrons. The summed E-state index contributed by atoms with van der Waals surface area (Å²) in [4.78, 5) is 4.91. The van der Waals surface area contributed by atoms with Crippen LogP contribution in [0, 0.1) is 0 Å². The zero-order chi connectivity index (χ0) is 22.0. The lowest BCUT2D eigenvalue weighted by atomic mass is 9.88. The van der Waals surface area contributed by atoms with E-state index in [1.807, 2.05) is 30.3 Å². The third kappa shape index (κ3) is 6.67. The number of rotatable bonds is 10. The fourth-order valence-electron chi connectivity index (χ4n) is 4.46. The smallest absolute Gasteiger partial charge is 0.119 e. The van der Waals surface area contributed by atoms with E-state index in [0.717, 1.165) is 44.9 Å². The van der Waals surface area contributed by atoms with Crippen molar-refractivity contribution in [1.82, 2.24) is 9.80 Å². The molecule has 0 bridgehead atoms. The third-order valence-electron chi connectivity index (χ3n) is 6.26. The number of ether oxygens (including phenoxy) is 1. The molecule has 0 saturated carbocycles. The first-order chi connectivity index (χ1) is 15.8. The van der Waals surface area contributed by atoms with E-state index in [9.17, 15) is 5.11 Å². The first-order valence-electron chi connectivity index (χ1n) is 11.7. The lowest BCUT2D eigenvalue weighted by Crippen LogP contribution is -2.49. The molecule has 0 amide bonds. The average molecular weight is 431 g/mol. The van der Waals surface area contributed by atoms with Gasteiger partial charge in [0.1, 0.15) is 18.5 Å². The molecule has 0 aromatic heterocycles. The predicted molar refractivity (Wildman–Crippen MR) is 130 cm³/mol. The Morgan fingerprint density at radius 1 is 0.688 bits per heavy atom. The molecule has 1 aliphatic rings. The Morgan fingerprint density at radius 3 is 1.75 bits per heavy atom. The fourth-order valence-corrected chi connectivity index (χ4v) is 4.46. The summed E-state index contributed by atoms with van der Waals surface area (Å²) in [6, 6.07) is 31.4. The molecule has 32 heavy (non-hydrogen) atoms. The quantitative estimate of drug-likeness (QED) is 0.521. The maximum atomic E-state index is 10.4. The van der Waals surface area contributed by atoms with E-state index >= 15 is 0 Å². The number of β-amino-alcohol motifs (C(OH)–C–C–N with tert-alkyl or cyclic N) is 1. The first-order valence-corrected chi connectivity index (χ1v) is 11.7. The second-order valence-corrected chi connectivity index (χ2v) is 8.58. The molecule has 3 aromatic carbocycles. The average Bonchev–Trinajstić information content (AvgIpc) is 2.86. The minimum atomic E-state index is -0.470. The number of hydrogen-bond acceptors (Lipinski definition) is 4. The molecule has 1 saturated heterocycles. The summed E-state index contributed by atoms with van der Waals surface area (Å²) in [6.45, 7) is 6.15. The van der Waals surface area contributed by atoms with Crippen LogP contribution in [-0.2, 0) is 0 Å². The highest BCUT2D eigenvalue weighted by Gasteiger charge is 2.21. The van der Waals surface area contributed by atoms with Gasteiger partial charge in [0.15, 0.2) is 0 Å². The molecule has 1 fully saturated rings. The highest BCUT2D eigenvalue weighted by molar-refractivity contribution is 5.32. The van der Waals surface area contributed by atoms with Crippen LogP contribution in [-0.4, -0.2) is 66.9 Å². The van der Waals surface area contributed by atoms with Gasteiger partial charge in [-0.15, -0.1) is 0 Å². The van der Waals surface area contributed by atoms with Crippen molar-refractivity contribution >= 4 is 0 Å². The van der Waals surface area contributed by atoms with Gasteiger partial charge in [0.25, 0.3) is 0 Å². The van der Waals surface area contributed by atoms with Crippen molar-refractivity contribution in [2.45, 2.75) is 18.4 Å². The molecule has 4 nitrogen and oxygen atoms in total. The molecule has 0 spiro atoms. The van der Waals surface area contributed by atoms with Gasteiger partial charge in [-0.05, 0) is 36.2 Å². The van der Waals surface area contributed by atoms with Crippen LogP contribution in [0.3, 0.4) is 0 Å². The van der Waals surface area contributed by atoms with Crippen LogP contribution in [0.1, 0.15) is 23.5 Å². The van der Waals surface area contributed by atoms with Crippen LogP contribution in [0.4, 0.5) is 0 Å². The summed E-state index contributed by atoms with van der Waals surface area (Å²) >= 11 is 0. The van der Waals surface area contributed by atoms with Crippen molar-refractivity contribution < 1.29 is 9.84 Å². The van der Waals surface area contributed by atoms with E-state index in [1.165, 1.54) is 11.1 Å². The summed E-state index contributed by atoms with van der Waals surface area (Å²) < 4.78 is 5.69. The molecule has 1 N–H and O–H groups in total. The number of hydrogen-bond donors (Lipinski definition) is 1. The summed E-state index contributed by atoms with van der Waals surface area (Å²) in [5.41, 5.74) is 2.78. The maximum absolute atomic E-state index is 10.4. The van der Waals surface area contributed by atoms with Crippen LogP contribution in [0.2, 0.25) is 0 Å². The first kappa shape index (κ1) is 22.5. The molecular formula is C28H34N2O2. The molecule has 1 unspecified atom stereocenters. The molecule has 3 aromatic rings. The van der Waals surface area contributed by atoms with Gasteiger partial charge in [-0.25, -0.2) is 0 Å². The monoisotopic (exact) mass is 430 g/mol. The topological polar surface area (TPSA) is 35.9 Å². The van der Waals surface area contributed by atoms with E-state index < -0.39 is 6.10 Å². The zero-order valence-electron chi connectivity index (χ0n) is 18.7. The number of para-hydroxylation sites is 1. The van der Waals surface area contributed by atoms with Gasteiger partial charge in [0, 0.05) is 38.6 Å². The van der Waals surface area contributed by atoms with E-state index in [1.54, 1.807) is 0 Å². The second kappa shape index (κ2) is 11.8. The summed E-state index contributed by atoms with van der Waals surface area (Å²) in [5, 5.41) is 10.4. The van der Waals surface area contributed by atoms with Gasteiger partial charge in [-0.3, -0.25) is 4.90 Å². The Balaban J connectivity index is 1.22. The summed E-state index contributed by atoms with van der Waals surface area (Å²) in [5.74, 6) is 1.23. The third-order valence-corrected chi connectivity index (χ3v) is 6.26. The number of aliphatic hydroxyl groups excluding tert-OH is 1. The van der Waals surface area contributed by atoms with E-state index in [2.05, 4.69) is 70.5 Å². The van der Waals surface area contributed by atoms with Crippen LogP contribution in [0.5, 0.6) is 5.75 Å². The van der Waals surface area contributed by atoms with Crippen LogP contribution in [0.15, 0.2) is 91.0 Å². The standard InChI is InChI=1S/C28H34N2O2/c31-26(23-32-27-14-8-3-9-15-27)22-30-20-18-29(19-21-30)17-16-28(24-10-4-1-5-11-24)25-12-6-2-7-13-25/h1-15,26,28,31H,16-23H2. The lowest BCUT2D eigenvalue weighted by Gasteiger charge is -2.36. The van der Waals surface area contributed by atoms with Crippen molar-refractivity contribution in [3.05, 3.63) is 102 Å². The van der Waals surface area contributed by atoms with Gasteiger partial charge in [-0.1, -0.05) is 78.9 Å².